The molecule has 1 aliphatic heterocycles. The van der Waals surface area contributed by atoms with Gasteiger partial charge in [-0.15, -0.1) is 0 Å². The topological polar surface area (TPSA) is 69.6 Å². The third kappa shape index (κ3) is 7.32. The minimum absolute atomic E-state index is 0.0698. The minimum atomic E-state index is -4.40. The molecule has 1 rings (SSSR count). The highest BCUT2D eigenvalue weighted by molar-refractivity contribution is 5.78. The zero-order chi connectivity index (χ0) is 15.2. The number of carboxylic acid groups (broad SMARTS) is 1. The van der Waals surface area contributed by atoms with Crippen molar-refractivity contribution in [3.8, 4) is 0 Å². The molecule has 0 bridgehead atoms. The van der Waals surface area contributed by atoms with Crippen LogP contribution in [-0.2, 0) is 9.59 Å². The fourth-order valence-electron chi connectivity index (χ4n) is 2.32. The van der Waals surface area contributed by atoms with Crippen LogP contribution in [0.25, 0.3) is 0 Å². The lowest BCUT2D eigenvalue weighted by Gasteiger charge is -2.32. The highest BCUT2D eigenvalue weighted by Crippen LogP contribution is 2.20. The summed E-state index contributed by atoms with van der Waals surface area (Å²) in [6, 6.07) is 0. The van der Waals surface area contributed by atoms with Gasteiger partial charge in [0.05, 0.1) is 6.54 Å². The number of hydrogen-bond donors (Lipinski definition) is 2. The predicted molar refractivity (Wildman–Crippen MR) is 65.1 cm³/mol. The number of carbonyl (C=O) groups is 2. The molecule has 1 atom stereocenters. The number of rotatable bonds is 6. The Labute approximate surface area is 115 Å². The molecule has 5 nitrogen and oxygen atoms in total. The summed E-state index contributed by atoms with van der Waals surface area (Å²) >= 11 is 0. The van der Waals surface area contributed by atoms with Crippen molar-refractivity contribution < 1.29 is 27.9 Å². The van der Waals surface area contributed by atoms with E-state index in [0.29, 0.717) is 19.5 Å². The lowest BCUT2D eigenvalue weighted by molar-refractivity contribution is -0.139. The van der Waals surface area contributed by atoms with E-state index in [9.17, 15) is 22.8 Å². The molecule has 1 aliphatic rings. The molecule has 0 aromatic rings. The smallest absolute Gasteiger partial charge is 0.405 e. The molecule has 1 heterocycles. The van der Waals surface area contributed by atoms with E-state index >= 15 is 0 Å². The van der Waals surface area contributed by atoms with Crippen molar-refractivity contribution in [2.75, 3.05) is 26.2 Å². The van der Waals surface area contributed by atoms with Crippen LogP contribution < -0.4 is 5.32 Å². The molecule has 2 N–H and O–H groups in total. The normalized spacial score (nSPS) is 20.6. The Bertz CT molecular complexity index is 347. The number of likely N-dealkylation sites (tertiary alicyclic amines) is 1. The van der Waals surface area contributed by atoms with Crippen molar-refractivity contribution in [2.24, 2.45) is 5.92 Å². The first-order valence-electron chi connectivity index (χ1n) is 6.54. The number of piperidine rings is 1. The Hall–Kier alpha value is -1.31. The molecule has 1 amide bonds. The minimum Gasteiger partial charge on any atom is -0.481 e. The van der Waals surface area contributed by atoms with Gasteiger partial charge in [-0.05, 0) is 31.7 Å². The van der Waals surface area contributed by atoms with Crippen molar-refractivity contribution in [1.82, 2.24) is 10.2 Å². The van der Waals surface area contributed by atoms with Crippen molar-refractivity contribution >= 4 is 11.9 Å². The standard InChI is InChI=1S/C12H19F3N2O3/c13-12(14,15)8-16-10(18)7-17-5-1-2-9(6-17)3-4-11(19)20/h9H,1-8H2,(H,16,18)(H,19,20). The fraction of sp³-hybridized carbons (Fsp3) is 0.833. The summed E-state index contributed by atoms with van der Waals surface area (Å²) in [5, 5.41) is 10.5. The SMILES string of the molecule is O=C(O)CCC1CCCN(CC(=O)NCC(F)(F)F)C1. The van der Waals surface area contributed by atoms with Gasteiger partial charge in [-0.1, -0.05) is 0 Å². The first-order chi connectivity index (χ1) is 9.26. The Balaban J connectivity index is 2.29. The molecule has 0 aromatic heterocycles. The lowest BCUT2D eigenvalue weighted by atomic mass is 9.93. The van der Waals surface area contributed by atoms with Crippen LogP contribution in [0.5, 0.6) is 0 Å². The maximum absolute atomic E-state index is 11.9. The van der Waals surface area contributed by atoms with Crippen LogP contribution in [0.2, 0.25) is 0 Å². The number of hydrogen-bond acceptors (Lipinski definition) is 3. The van der Waals surface area contributed by atoms with Crippen LogP contribution in [0, 0.1) is 5.92 Å². The number of nitrogens with zero attached hydrogens (tertiary/aromatic N) is 1. The summed E-state index contributed by atoms with van der Waals surface area (Å²) in [7, 11) is 0. The molecule has 0 aliphatic carbocycles. The zero-order valence-corrected chi connectivity index (χ0v) is 11.1. The Morgan fingerprint density at radius 2 is 2.05 bits per heavy atom. The van der Waals surface area contributed by atoms with Crippen LogP contribution >= 0.6 is 0 Å². The van der Waals surface area contributed by atoms with Crippen molar-refractivity contribution in [1.29, 1.82) is 0 Å². The summed E-state index contributed by atoms with van der Waals surface area (Å²) < 4.78 is 35.8. The molecular formula is C12H19F3N2O3. The van der Waals surface area contributed by atoms with Gasteiger partial charge in [0.15, 0.2) is 0 Å². The van der Waals surface area contributed by atoms with E-state index in [1.54, 1.807) is 4.90 Å². The van der Waals surface area contributed by atoms with E-state index in [-0.39, 0.29) is 18.9 Å². The fourth-order valence-corrected chi connectivity index (χ4v) is 2.32. The molecule has 0 radical (unpaired) electrons. The maximum atomic E-state index is 11.9. The third-order valence-electron chi connectivity index (χ3n) is 3.22. The van der Waals surface area contributed by atoms with Crippen LogP contribution in [-0.4, -0.2) is 54.2 Å². The van der Waals surface area contributed by atoms with E-state index < -0.39 is 24.6 Å². The Morgan fingerprint density at radius 1 is 1.35 bits per heavy atom. The van der Waals surface area contributed by atoms with Crippen molar-refractivity contribution in [3.63, 3.8) is 0 Å². The van der Waals surface area contributed by atoms with Gasteiger partial charge in [-0.25, -0.2) is 0 Å². The summed E-state index contributed by atoms with van der Waals surface area (Å²) in [4.78, 5) is 23.7. The molecule has 1 unspecified atom stereocenters. The molecule has 0 saturated carbocycles. The van der Waals surface area contributed by atoms with E-state index in [0.717, 1.165) is 12.8 Å². The molecule has 0 spiro atoms. The van der Waals surface area contributed by atoms with Crippen LogP contribution in [0.3, 0.4) is 0 Å². The molecule has 1 saturated heterocycles. The molecular weight excluding hydrogens is 277 g/mol. The number of aliphatic carboxylic acids is 1. The second-order valence-corrected chi connectivity index (χ2v) is 5.07. The highest BCUT2D eigenvalue weighted by atomic mass is 19.4. The molecule has 20 heavy (non-hydrogen) atoms. The monoisotopic (exact) mass is 296 g/mol. The van der Waals surface area contributed by atoms with Crippen LogP contribution in [0.1, 0.15) is 25.7 Å². The number of nitrogens with one attached hydrogen (secondary N) is 1. The van der Waals surface area contributed by atoms with Crippen molar-refractivity contribution in [2.45, 2.75) is 31.9 Å². The number of carboxylic acids is 1. The molecule has 1 fully saturated rings. The average Bonchev–Trinajstić information content (AvgIpc) is 2.34. The predicted octanol–water partition coefficient (Wildman–Crippen LogP) is 1.24. The first-order valence-corrected chi connectivity index (χ1v) is 6.54. The zero-order valence-electron chi connectivity index (χ0n) is 11.1. The van der Waals surface area contributed by atoms with Gasteiger partial charge in [0.2, 0.25) is 5.91 Å². The second-order valence-electron chi connectivity index (χ2n) is 5.07. The van der Waals surface area contributed by atoms with Crippen LogP contribution in [0.4, 0.5) is 13.2 Å². The second kappa shape index (κ2) is 7.47. The highest BCUT2D eigenvalue weighted by Gasteiger charge is 2.28. The number of alkyl halides is 3. The average molecular weight is 296 g/mol. The molecule has 0 aromatic carbocycles. The quantitative estimate of drug-likeness (QED) is 0.774. The molecule has 116 valence electrons. The number of carbonyl (C=O) groups excluding carboxylic acids is 1. The lowest BCUT2D eigenvalue weighted by Crippen LogP contribution is -2.44. The van der Waals surface area contributed by atoms with Gasteiger partial charge in [0, 0.05) is 13.0 Å². The van der Waals surface area contributed by atoms with E-state index in [2.05, 4.69) is 0 Å². The van der Waals surface area contributed by atoms with Gasteiger partial charge in [-0.2, -0.15) is 13.2 Å². The van der Waals surface area contributed by atoms with Gasteiger partial charge in [0.1, 0.15) is 6.54 Å². The summed E-state index contributed by atoms with van der Waals surface area (Å²) in [5.74, 6) is -1.32. The van der Waals surface area contributed by atoms with E-state index in [1.165, 1.54) is 0 Å². The van der Waals surface area contributed by atoms with Gasteiger partial charge in [-0.3, -0.25) is 14.5 Å². The van der Waals surface area contributed by atoms with E-state index in [4.69, 9.17) is 5.11 Å². The number of amides is 1. The largest absolute Gasteiger partial charge is 0.481 e. The van der Waals surface area contributed by atoms with E-state index in [1.807, 2.05) is 5.32 Å². The Morgan fingerprint density at radius 3 is 2.65 bits per heavy atom. The summed E-state index contributed by atoms with van der Waals surface area (Å²) in [6.45, 7) is -0.169. The van der Waals surface area contributed by atoms with Gasteiger partial charge < -0.3 is 10.4 Å². The summed E-state index contributed by atoms with van der Waals surface area (Å²) in [6.07, 6.45) is -2.05. The Kier molecular flexibility index (Phi) is 6.25. The van der Waals surface area contributed by atoms with Gasteiger partial charge >= 0.3 is 12.1 Å². The van der Waals surface area contributed by atoms with Crippen LogP contribution in [0.15, 0.2) is 0 Å². The number of halogens is 3. The van der Waals surface area contributed by atoms with Gasteiger partial charge in [0.25, 0.3) is 0 Å². The first kappa shape index (κ1) is 16.7. The third-order valence-corrected chi connectivity index (χ3v) is 3.22. The molecule has 8 heteroatoms. The van der Waals surface area contributed by atoms with Crippen molar-refractivity contribution in [3.05, 3.63) is 0 Å². The summed E-state index contributed by atoms with van der Waals surface area (Å²) in [5.41, 5.74) is 0. The maximum Gasteiger partial charge on any atom is 0.405 e.